The van der Waals surface area contributed by atoms with E-state index in [1.807, 2.05) is 12.4 Å². The van der Waals surface area contributed by atoms with Crippen LogP contribution in [0.4, 0.5) is 5.95 Å². The lowest BCUT2D eigenvalue weighted by molar-refractivity contribution is 0.298. The standard InChI is InChI=1S/C15H29N5/c1-5-20(6-2)9-7-8-16-10-14-11-17-15(18-12-14)19-13(3)4/h11-13,16H,5-10H2,1-4H3,(H,17,18,19). The molecule has 0 aliphatic heterocycles. The Morgan fingerprint density at radius 1 is 1.15 bits per heavy atom. The highest BCUT2D eigenvalue weighted by molar-refractivity contribution is 5.25. The second kappa shape index (κ2) is 9.66. The molecule has 2 N–H and O–H groups in total. The molecule has 0 aliphatic rings. The Morgan fingerprint density at radius 3 is 2.35 bits per heavy atom. The van der Waals surface area contributed by atoms with Crippen LogP contribution in [0.2, 0.25) is 0 Å². The van der Waals surface area contributed by atoms with E-state index in [0.717, 1.165) is 38.3 Å². The Kier molecular flexibility index (Phi) is 8.14. The second-order valence-corrected chi connectivity index (χ2v) is 5.27. The topological polar surface area (TPSA) is 53.1 Å². The molecule has 0 bridgehead atoms. The summed E-state index contributed by atoms with van der Waals surface area (Å²) in [6, 6.07) is 0.360. The van der Waals surface area contributed by atoms with Gasteiger partial charge in [-0.15, -0.1) is 0 Å². The number of aromatic nitrogens is 2. The van der Waals surface area contributed by atoms with Gasteiger partial charge in [0.05, 0.1) is 0 Å². The third kappa shape index (κ3) is 6.82. The molecule has 1 rings (SSSR count). The van der Waals surface area contributed by atoms with Gasteiger partial charge in [0.15, 0.2) is 0 Å². The molecule has 0 saturated carbocycles. The van der Waals surface area contributed by atoms with Crippen LogP contribution in [0, 0.1) is 0 Å². The largest absolute Gasteiger partial charge is 0.352 e. The quantitative estimate of drug-likeness (QED) is 0.643. The lowest BCUT2D eigenvalue weighted by atomic mass is 10.3. The molecular formula is C15H29N5. The van der Waals surface area contributed by atoms with Crippen LogP contribution in [0.1, 0.15) is 39.7 Å². The van der Waals surface area contributed by atoms with Gasteiger partial charge in [0.25, 0.3) is 0 Å². The summed E-state index contributed by atoms with van der Waals surface area (Å²) >= 11 is 0. The maximum absolute atomic E-state index is 4.30. The molecule has 0 saturated heterocycles. The van der Waals surface area contributed by atoms with Crippen LogP contribution in [0.15, 0.2) is 12.4 Å². The maximum atomic E-state index is 4.30. The summed E-state index contributed by atoms with van der Waals surface area (Å²) in [5, 5.41) is 6.62. The Hall–Kier alpha value is -1.20. The lowest BCUT2D eigenvalue weighted by Gasteiger charge is -2.17. The fourth-order valence-electron chi connectivity index (χ4n) is 1.98. The van der Waals surface area contributed by atoms with Crippen LogP contribution in [0.25, 0.3) is 0 Å². The Labute approximate surface area is 123 Å². The highest BCUT2D eigenvalue weighted by atomic mass is 15.1. The van der Waals surface area contributed by atoms with Crippen molar-refractivity contribution in [2.45, 2.75) is 46.7 Å². The zero-order chi connectivity index (χ0) is 14.8. The third-order valence-corrected chi connectivity index (χ3v) is 3.17. The van der Waals surface area contributed by atoms with E-state index in [1.54, 1.807) is 0 Å². The fraction of sp³-hybridized carbons (Fsp3) is 0.733. The fourth-order valence-corrected chi connectivity index (χ4v) is 1.98. The third-order valence-electron chi connectivity index (χ3n) is 3.17. The van der Waals surface area contributed by atoms with Crippen molar-refractivity contribution in [1.82, 2.24) is 20.2 Å². The Bertz CT molecular complexity index is 346. The van der Waals surface area contributed by atoms with Gasteiger partial charge in [0.1, 0.15) is 0 Å². The van der Waals surface area contributed by atoms with Crippen molar-refractivity contribution in [3.63, 3.8) is 0 Å². The molecule has 114 valence electrons. The van der Waals surface area contributed by atoms with Gasteiger partial charge in [-0.3, -0.25) is 0 Å². The van der Waals surface area contributed by atoms with E-state index >= 15 is 0 Å². The van der Waals surface area contributed by atoms with Crippen LogP contribution in [0.5, 0.6) is 0 Å². The Morgan fingerprint density at radius 2 is 1.80 bits per heavy atom. The molecule has 5 nitrogen and oxygen atoms in total. The molecule has 1 aromatic rings. The van der Waals surface area contributed by atoms with E-state index in [2.05, 4.69) is 53.2 Å². The van der Waals surface area contributed by atoms with Gasteiger partial charge < -0.3 is 15.5 Å². The molecule has 0 radical (unpaired) electrons. The summed E-state index contributed by atoms with van der Waals surface area (Å²) in [4.78, 5) is 11.0. The number of hydrogen-bond donors (Lipinski definition) is 2. The van der Waals surface area contributed by atoms with Gasteiger partial charge in [-0.1, -0.05) is 13.8 Å². The first-order valence-corrected chi connectivity index (χ1v) is 7.66. The predicted molar refractivity (Wildman–Crippen MR) is 84.9 cm³/mol. The summed E-state index contributed by atoms with van der Waals surface area (Å²) in [5.74, 6) is 0.699. The summed E-state index contributed by atoms with van der Waals surface area (Å²) in [5.41, 5.74) is 1.13. The molecule has 0 spiro atoms. The zero-order valence-electron chi connectivity index (χ0n) is 13.3. The lowest BCUT2D eigenvalue weighted by Crippen LogP contribution is -2.27. The van der Waals surface area contributed by atoms with E-state index in [9.17, 15) is 0 Å². The first kappa shape index (κ1) is 16.9. The summed E-state index contributed by atoms with van der Waals surface area (Å²) in [7, 11) is 0. The first-order valence-electron chi connectivity index (χ1n) is 7.66. The summed E-state index contributed by atoms with van der Waals surface area (Å²) in [6.07, 6.45) is 4.94. The molecule has 0 fully saturated rings. The second-order valence-electron chi connectivity index (χ2n) is 5.27. The number of anilines is 1. The van der Waals surface area contributed by atoms with Crippen molar-refractivity contribution >= 4 is 5.95 Å². The summed E-state index contributed by atoms with van der Waals surface area (Å²) in [6.45, 7) is 13.9. The zero-order valence-corrected chi connectivity index (χ0v) is 13.3. The molecule has 0 aliphatic carbocycles. The van der Waals surface area contributed by atoms with Crippen molar-refractivity contribution in [3.05, 3.63) is 18.0 Å². The molecule has 0 atom stereocenters. The summed E-state index contributed by atoms with van der Waals surface area (Å²) < 4.78 is 0. The first-order chi connectivity index (χ1) is 9.65. The Balaban J connectivity index is 2.19. The minimum atomic E-state index is 0.360. The smallest absolute Gasteiger partial charge is 0.222 e. The maximum Gasteiger partial charge on any atom is 0.222 e. The SMILES string of the molecule is CCN(CC)CCCNCc1cnc(NC(C)C)nc1. The number of rotatable bonds is 10. The van der Waals surface area contributed by atoms with Crippen molar-refractivity contribution < 1.29 is 0 Å². The number of nitrogens with one attached hydrogen (secondary N) is 2. The van der Waals surface area contributed by atoms with Crippen molar-refractivity contribution in [1.29, 1.82) is 0 Å². The minimum absolute atomic E-state index is 0.360. The van der Waals surface area contributed by atoms with E-state index in [1.165, 1.54) is 6.42 Å². The van der Waals surface area contributed by atoms with Gasteiger partial charge >= 0.3 is 0 Å². The van der Waals surface area contributed by atoms with E-state index in [4.69, 9.17) is 0 Å². The van der Waals surface area contributed by atoms with Crippen LogP contribution in [-0.4, -0.2) is 47.1 Å². The van der Waals surface area contributed by atoms with E-state index < -0.39 is 0 Å². The highest BCUT2D eigenvalue weighted by Gasteiger charge is 2.00. The molecule has 1 aromatic heterocycles. The average Bonchev–Trinajstić information content (AvgIpc) is 2.44. The van der Waals surface area contributed by atoms with Crippen LogP contribution >= 0.6 is 0 Å². The molecule has 5 heteroatoms. The van der Waals surface area contributed by atoms with Gasteiger partial charge in [-0.05, 0) is 46.4 Å². The average molecular weight is 279 g/mol. The molecular weight excluding hydrogens is 250 g/mol. The molecule has 20 heavy (non-hydrogen) atoms. The number of hydrogen-bond acceptors (Lipinski definition) is 5. The van der Waals surface area contributed by atoms with Crippen LogP contribution in [0.3, 0.4) is 0 Å². The van der Waals surface area contributed by atoms with Crippen LogP contribution < -0.4 is 10.6 Å². The van der Waals surface area contributed by atoms with E-state index in [-0.39, 0.29) is 0 Å². The molecule has 0 amide bonds. The normalized spacial score (nSPS) is 11.3. The van der Waals surface area contributed by atoms with Crippen molar-refractivity contribution in [3.8, 4) is 0 Å². The van der Waals surface area contributed by atoms with Crippen LogP contribution in [-0.2, 0) is 6.54 Å². The van der Waals surface area contributed by atoms with Gasteiger partial charge in [0, 0.05) is 30.5 Å². The molecule has 0 unspecified atom stereocenters. The minimum Gasteiger partial charge on any atom is -0.352 e. The van der Waals surface area contributed by atoms with E-state index in [0.29, 0.717) is 12.0 Å². The monoisotopic (exact) mass is 279 g/mol. The molecule has 1 heterocycles. The highest BCUT2D eigenvalue weighted by Crippen LogP contribution is 2.01. The molecule has 0 aromatic carbocycles. The van der Waals surface area contributed by atoms with Gasteiger partial charge in [-0.2, -0.15) is 0 Å². The van der Waals surface area contributed by atoms with Crippen molar-refractivity contribution in [2.75, 3.05) is 31.5 Å². The van der Waals surface area contributed by atoms with Gasteiger partial charge in [-0.25, -0.2) is 9.97 Å². The van der Waals surface area contributed by atoms with Crippen molar-refractivity contribution in [2.24, 2.45) is 0 Å². The van der Waals surface area contributed by atoms with Gasteiger partial charge in [0.2, 0.25) is 5.95 Å². The number of nitrogens with zero attached hydrogens (tertiary/aromatic N) is 3. The predicted octanol–water partition coefficient (Wildman–Crippen LogP) is 2.12.